The Balaban J connectivity index is 1.84. The van der Waals surface area contributed by atoms with E-state index < -0.39 is 22.5 Å². The van der Waals surface area contributed by atoms with Crippen LogP contribution in [0.4, 0.5) is 11.4 Å². The fourth-order valence-corrected chi connectivity index (χ4v) is 4.81. The molecular weight excluding hydrogens is 511 g/mol. The topological polar surface area (TPSA) is 108 Å². The lowest BCUT2D eigenvalue weighted by Gasteiger charge is -2.24. The number of hydrogen-bond acceptors (Lipinski definition) is 5. The van der Waals surface area contributed by atoms with E-state index in [-0.39, 0.29) is 16.5 Å². The van der Waals surface area contributed by atoms with E-state index in [1.54, 1.807) is 43.3 Å². The molecule has 0 saturated carbocycles. The molecule has 0 aromatic heterocycles. The largest absolute Gasteiger partial charge is 0.326 e. The van der Waals surface area contributed by atoms with Crippen molar-refractivity contribution in [3.8, 4) is 0 Å². The van der Waals surface area contributed by atoms with Crippen molar-refractivity contribution in [2.45, 2.75) is 18.7 Å². The van der Waals surface area contributed by atoms with Crippen molar-refractivity contribution >= 4 is 62.1 Å². The number of amides is 2. The second-order valence-electron chi connectivity index (χ2n) is 7.44. The molecule has 2 amide bonds. The van der Waals surface area contributed by atoms with Gasteiger partial charge in [-0.2, -0.15) is 5.10 Å². The number of rotatable bonds is 8. The number of hydrogen-bond donors (Lipinski definition) is 2. The molecule has 0 heterocycles. The maximum absolute atomic E-state index is 13.4. The van der Waals surface area contributed by atoms with Crippen LogP contribution < -0.4 is 15.0 Å². The highest BCUT2D eigenvalue weighted by Crippen LogP contribution is 2.26. The fourth-order valence-electron chi connectivity index (χ4n) is 3.08. The molecular formula is C24H22Cl2N4O4S. The molecule has 0 aliphatic heterocycles. The molecule has 0 aliphatic rings. The minimum atomic E-state index is -4.12. The average Bonchev–Trinajstić information content (AvgIpc) is 2.81. The van der Waals surface area contributed by atoms with E-state index in [1.165, 1.54) is 43.3 Å². The summed E-state index contributed by atoms with van der Waals surface area (Å²) in [6.45, 7) is 2.53. The van der Waals surface area contributed by atoms with Crippen molar-refractivity contribution < 1.29 is 18.0 Å². The summed E-state index contributed by atoms with van der Waals surface area (Å²) in [6, 6.07) is 18.7. The first-order valence-electron chi connectivity index (χ1n) is 10.3. The van der Waals surface area contributed by atoms with Gasteiger partial charge in [0.2, 0.25) is 5.91 Å². The number of hydrazone groups is 1. The predicted molar refractivity (Wildman–Crippen MR) is 139 cm³/mol. The Morgan fingerprint density at radius 2 is 1.60 bits per heavy atom. The zero-order chi connectivity index (χ0) is 25.6. The lowest BCUT2D eigenvalue weighted by atomic mass is 10.1. The van der Waals surface area contributed by atoms with Crippen LogP contribution in [0.2, 0.25) is 10.0 Å². The van der Waals surface area contributed by atoms with Gasteiger partial charge in [-0.05, 0) is 67.1 Å². The summed E-state index contributed by atoms with van der Waals surface area (Å²) in [7, 11) is -4.12. The minimum absolute atomic E-state index is 0.0378. The molecule has 0 aliphatic carbocycles. The van der Waals surface area contributed by atoms with Gasteiger partial charge in [0, 0.05) is 22.7 Å². The first-order chi connectivity index (χ1) is 16.6. The number of benzene rings is 3. The monoisotopic (exact) mass is 532 g/mol. The maximum Gasteiger partial charge on any atom is 0.264 e. The highest BCUT2D eigenvalue weighted by Gasteiger charge is 2.27. The SMILES string of the molecule is CC(=O)Nc1cccc(/C(C)=N\NC(=O)CN(c2cccc(Cl)c2)S(=O)(=O)c2ccc(Cl)cc2)c1. The Morgan fingerprint density at radius 1 is 0.914 bits per heavy atom. The molecule has 0 saturated heterocycles. The van der Waals surface area contributed by atoms with E-state index in [9.17, 15) is 18.0 Å². The molecule has 35 heavy (non-hydrogen) atoms. The van der Waals surface area contributed by atoms with E-state index in [2.05, 4.69) is 15.8 Å². The standard InChI is InChI=1S/C24H22Cl2N4O4S/c1-16(18-5-3-7-21(13-18)27-17(2)31)28-29-24(32)15-30(22-8-4-6-20(26)14-22)35(33,34)23-11-9-19(25)10-12-23/h3-14H,15H2,1-2H3,(H,27,31)(H,29,32)/b28-16-. The molecule has 3 aromatic carbocycles. The third-order valence-corrected chi connectivity index (χ3v) is 7.01. The zero-order valence-electron chi connectivity index (χ0n) is 18.8. The molecule has 3 rings (SSSR count). The number of sulfonamides is 1. The highest BCUT2D eigenvalue weighted by molar-refractivity contribution is 7.92. The number of carbonyl (C=O) groups is 2. The van der Waals surface area contributed by atoms with Crippen LogP contribution in [0.5, 0.6) is 0 Å². The molecule has 3 aromatic rings. The van der Waals surface area contributed by atoms with Crippen molar-refractivity contribution in [1.29, 1.82) is 0 Å². The lowest BCUT2D eigenvalue weighted by Crippen LogP contribution is -2.39. The molecule has 0 atom stereocenters. The van der Waals surface area contributed by atoms with Gasteiger partial charge in [-0.3, -0.25) is 13.9 Å². The van der Waals surface area contributed by atoms with Crippen LogP contribution in [0, 0.1) is 0 Å². The Kier molecular flexibility index (Phi) is 8.50. The highest BCUT2D eigenvalue weighted by atomic mass is 35.5. The van der Waals surface area contributed by atoms with E-state index in [1.807, 2.05) is 0 Å². The van der Waals surface area contributed by atoms with Crippen LogP contribution in [0.25, 0.3) is 0 Å². The first kappa shape index (κ1) is 26.2. The molecule has 0 spiro atoms. The molecule has 2 N–H and O–H groups in total. The third-order valence-electron chi connectivity index (χ3n) is 4.73. The van der Waals surface area contributed by atoms with Crippen molar-refractivity contribution in [2.75, 3.05) is 16.2 Å². The molecule has 11 heteroatoms. The number of nitrogens with one attached hydrogen (secondary N) is 2. The van der Waals surface area contributed by atoms with Crippen LogP contribution in [-0.2, 0) is 19.6 Å². The van der Waals surface area contributed by atoms with Gasteiger partial charge in [0.15, 0.2) is 0 Å². The van der Waals surface area contributed by atoms with Gasteiger partial charge in [-0.25, -0.2) is 13.8 Å². The van der Waals surface area contributed by atoms with Crippen LogP contribution in [0.1, 0.15) is 19.4 Å². The number of anilines is 2. The molecule has 8 nitrogen and oxygen atoms in total. The normalized spacial score (nSPS) is 11.6. The quantitative estimate of drug-likeness (QED) is 0.324. The predicted octanol–water partition coefficient (Wildman–Crippen LogP) is 4.69. The molecule has 0 fully saturated rings. The molecule has 182 valence electrons. The maximum atomic E-state index is 13.4. The summed E-state index contributed by atoms with van der Waals surface area (Å²) in [5.74, 6) is -0.882. The van der Waals surface area contributed by atoms with Gasteiger partial charge in [-0.1, -0.05) is 41.4 Å². The summed E-state index contributed by atoms with van der Waals surface area (Å²) < 4.78 is 27.7. The van der Waals surface area contributed by atoms with Gasteiger partial charge < -0.3 is 5.32 Å². The number of carbonyl (C=O) groups excluding carboxylic acids is 2. The lowest BCUT2D eigenvalue weighted by molar-refractivity contribution is -0.119. The Bertz CT molecular complexity index is 1380. The van der Waals surface area contributed by atoms with Gasteiger partial charge in [0.25, 0.3) is 15.9 Å². The Hall–Kier alpha value is -3.40. The average molecular weight is 533 g/mol. The van der Waals surface area contributed by atoms with Gasteiger partial charge >= 0.3 is 0 Å². The van der Waals surface area contributed by atoms with Crippen molar-refractivity contribution in [3.63, 3.8) is 0 Å². The van der Waals surface area contributed by atoms with Crippen LogP contribution in [0.15, 0.2) is 82.8 Å². The number of nitrogens with zero attached hydrogens (tertiary/aromatic N) is 2. The smallest absolute Gasteiger partial charge is 0.264 e. The molecule has 0 unspecified atom stereocenters. The molecule has 0 bridgehead atoms. The summed E-state index contributed by atoms with van der Waals surface area (Å²) in [5, 5.41) is 7.45. The summed E-state index contributed by atoms with van der Waals surface area (Å²) in [6.07, 6.45) is 0. The van der Waals surface area contributed by atoms with E-state index in [0.29, 0.717) is 27.0 Å². The van der Waals surface area contributed by atoms with Crippen LogP contribution in [-0.4, -0.2) is 32.5 Å². The zero-order valence-corrected chi connectivity index (χ0v) is 21.2. The first-order valence-corrected chi connectivity index (χ1v) is 12.5. The van der Waals surface area contributed by atoms with Crippen molar-refractivity contribution in [3.05, 3.63) is 88.4 Å². The van der Waals surface area contributed by atoms with Gasteiger partial charge in [0.1, 0.15) is 6.54 Å². The summed E-state index contributed by atoms with van der Waals surface area (Å²) in [5.41, 5.74) is 4.31. The van der Waals surface area contributed by atoms with Crippen LogP contribution in [0.3, 0.4) is 0 Å². The minimum Gasteiger partial charge on any atom is -0.326 e. The van der Waals surface area contributed by atoms with Gasteiger partial charge in [0.05, 0.1) is 16.3 Å². The van der Waals surface area contributed by atoms with E-state index >= 15 is 0 Å². The summed E-state index contributed by atoms with van der Waals surface area (Å²) >= 11 is 12.0. The second kappa shape index (κ2) is 11.4. The third kappa shape index (κ3) is 7.05. The molecule has 0 radical (unpaired) electrons. The Morgan fingerprint density at radius 3 is 2.26 bits per heavy atom. The second-order valence-corrected chi connectivity index (χ2v) is 10.2. The van der Waals surface area contributed by atoms with Crippen molar-refractivity contribution in [2.24, 2.45) is 5.10 Å². The van der Waals surface area contributed by atoms with E-state index in [0.717, 1.165) is 4.31 Å². The fraction of sp³-hybridized carbons (Fsp3) is 0.125. The summed E-state index contributed by atoms with van der Waals surface area (Å²) in [4.78, 5) is 24.0. The van der Waals surface area contributed by atoms with Crippen molar-refractivity contribution in [1.82, 2.24) is 5.43 Å². The van der Waals surface area contributed by atoms with Gasteiger partial charge in [-0.15, -0.1) is 0 Å². The van der Waals surface area contributed by atoms with E-state index in [4.69, 9.17) is 23.2 Å². The van der Waals surface area contributed by atoms with Crippen LogP contribution >= 0.6 is 23.2 Å². The Labute approximate surface area is 213 Å². The number of halogens is 2.